The lowest BCUT2D eigenvalue weighted by Gasteiger charge is -2.08. The summed E-state index contributed by atoms with van der Waals surface area (Å²) >= 11 is 0. The first-order valence-electron chi connectivity index (χ1n) is 5.27. The molecule has 0 aromatic heterocycles. The first-order valence-corrected chi connectivity index (χ1v) is 5.27. The van der Waals surface area contributed by atoms with Gasteiger partial charge in [0.1, 0.15) is 0 Å². The summed E-state index contributed by atoms with van der Waals surface area (Å²) < 4.78 is 0. The lowest BCUT2D eigenvalue weighted by molar-refractivity contribution is 0.100. The van der Waals surface area contributed by atoms with Crippen molar-refractivity contribution in [3.8, 4) is 11.1 Å². The normalized spacial score (nSPS) is 9.56. The molecule has 0 heterocycles. The van der Waals surface area contributed by atoms with E-state index in [2.05, 4.69) is 10.0 Å². The summed E-state index contributed by atoms with van der Waals surface area (Å²) in [6, 6.07) is 14.0. The fourth-order valence-electron chi connectivity index (χ4n) is 1.77. The Balaban J connectivity index is 2.69. The minimum absolute atomic E-state index is 0.401. The summed E-state index contributed by atoms with van der Waals surface area (Å²) in [4.78, 5) is 14.2. The molecule has 0 radical (unpaired) electrons. The monoisotopic (exact) mass is 238 g/mol. The largest absolute Gasteiger partial charge is 0.366 e. The van der Waals surface area contributed by atoms with Gasteiger partial charge in [0.15, 0.2) is 0 Å². The van der Waals surface area contributed by atoms with Crippen LogP contribution in [0.15, 0.2) is 53.6 Å². The average molecular weight is 238 g/mol. The molecule has 0 fully saturated rings. The number of nitrogens with zero attached hydrogens (tertiary/aromatic N) is 3. The topological polar surface area (TPSA) is 91.8 Å². The van der Waals surface area contributed by atoms with Crippen molar-refractivity contribution < 1.29 is 4.79 Å². The minimum atomic E-state index is -0.513. The van der Waals surface area contributed by atoms with E-state index < -0.39 is 5.91 Å². The van der Waals surface area contributed by atoms with Crippen LogP contribution in [0.2, 0.25) is 0 Å². The molecule has 1 amide bonds. The molecule has 0 unspecified atom stereocenters. The number of primary amides is 1. The smallest absolute Gasteiger partial charge is 0.249 e. The van der Waals surface area contributed by atoms with E-state index in [0.717, 1.165) is 0 Å². The molecule has 5 heteroatoms. The summed E-state index contributed by atoms with van der Waals surface area (Å²) in [5.41, 5.74) is 16.1. The first kappa shape index (κ1) is 11.7. The van der Waals surface area contributed by atoms with Gasteiger partial charge in [0.25, 0.3) is 0 Å². The molecule has 0 spiro atoms. The number of carbonyl (C=O) groups is 1. The Morgan fingerprint density at radius 3 is 2.33 bits per heavy atom. The van der Waals surface area contributed by atoms with Crippen molar-refractivity contribution in [1.29, 1.82) is 0 Å². The highest BCUT2D eigenvalue weighted by Crippen LogP contribution is 2.32. The Bertz CT molecular complexity index is 601. The summed E-state index contributed by atoms with van der Waals surface area (Å²) in [5, 5.41) is 3.61. The van der Waals surface area contributed by atoms with E-state index in [4.69, 9.17) is 11.3 Å². The van der Waals surface area contributed by atoms with E-state index in [0.29, 0.717) is 22.4 Å². The lowest BCUT2D eigenvalue weighted by Crippen LogP contribution is -2.12. The van der Waals surface area contributed by atoms with Crippen LogP contribution in [0.3, 0.4) is 0 Å². The molecule has 88 valence electrons. The molecule has 5 nitrogen and oxygen atoms in total. The van der Waals surface area contributed by atoms with Crippen molar-refractivity contribution >= 4 is 11.6 Å². The van der Waals surface area contributed by atoms with Gasteiger partial charge >= 0.3 is 0 Å². The van der Waals surface area contributed by atoms with Gasteiger partial charge in [-0.05, 0) is 22.7 Å². The SMILES string of the molecule is [N-]=[N+]=Nc1ccccc1-c1ccccc1C(N)=O. The predicted molar refractivity (Wildman–Crippen MR) is 69.2 cm³/mol. The maximum atomic E-state index is 11.4. The summed E-state index contributed by atoms with van der Waals surface area (Å²) in [6.07, 6.45) is 0. The highest BCUT2D eigenvalue weighted by atomic mass is 16.1. The quantitative estimate of drug-likeness (QED) is 0.495. The summed E-state index contributed by atoms with van der Waals surface area (Å²) in [6.45, 7) is 0. The van der Waals surface area contributed by atoms with Gasteiger partial charge in [0.2, 0.25) is 5.91 Å². The van der Waals surface area contributed by atoms with E-state index in [1.54, 1.807) is 42.5 Å². The molecule has 0 atom stereocenters. The van der Waals surface area contributed by atoms with E-state index in [9.17, 15) is 4.79 Å². The molecule has 0 bridgehead atoms. The fraction of sp³-hybridized carbons (Fsp3) is 0. The third-order valence-electron chi connectivity index (χ3n) is 2.54. The van der Waals surface area contributed by atoms with E-state index in [1.807, 2.05) is 6.07 Å². The first-order chi connectivity index (χ1) is 8.74. The number of benzene rings is 2. The number of hydrogen-bond donors (Lipinski definition) is 1. The van der Waals surface area contributed by atoms with Crippen LogP contribution in [0.25, 0.3) is 21.6 Å². The molecule has 2 N–H and O–H groups in total. The maximum Gasteiger partial charge on any atom is 0.249 e. The zero-order valence-electron chi connectivity index (χ0n) is 9.45. The van der Waals surface area contributed by atoms with E-state index in [-0.39, 0.29) is 0 Å². The lowest BCUT2D eigenvalue weighted by atomic mass is 9.98. The Hall–Kier alpha value is -2.78. The Morgan fingerprint density at radius 1 is 1.06 bits per heavy atom. The number of hydrogen-bond acceptors (Lipinski definition) is 2. The van der Waals surface area contributed by atoms with Crippen LogP contribution in [0.5, 0.6) is 0 Å². The molecular formula is C13H10N4O. The Labute approximate surface area is 103 Å². The van der Waals surface area contributed by atoms with Crippen LogP contribution in [0.4, 0.5) is 5.69 Å². The standard InChI is InChI=1S/C13H10N4O/c14-13(18)11-7-2-1-5-9(11)10-6-3-4-8-12(10)16-17-15/h1-8H,(H2,14,18). The maximum absolute atomic E-state index is 11.4. The van der Waals surface area contributed by atoms with Crippen LogP contribution >= 0.6 is 0 Å². The second-order valence-corrected chi connectivity index (χ2v) is 3.62. The van der Waals surface area contributed by atoms with Crippen molar-refractivity contribution in [2.24, 2.45) is 10.8 Å². The average Bonchev–Trinajstić information content (AvgIpc) is 2.40. The van der Waals surface area contributed by atoms with Crippen LogP contribution in [-0.2, 0) is 0 Å². The van der Waals surface area contributed by atoms with Gasteiger partial charge in [-0.1, -0.05) is 47.6 Å². The van der Waals surface area contributed by atoms with Gasteiger partial charge in [-0.2, -0.15) is 0 Å². The zero-order chi connectivity index (χ0) is 13.0. The van der Waals surface area contributed by atoms with Crippen LogP contribution in [0, 0.1) is 0 Å². The molecule has 18 heavy (non-hydrogen) atoms. The third-order valence-corrected chi connectivity index (χ3v) is 2.54. The molecule has 0 aliphatic carbocycles. The molecule has 0 aliphatic heterocycles. The second-order valence-electron chi connectivity index (χ2n) is 3.62. The fourth-order valence-corrected chi connectivity index (χ4v) is 1.77. The van der Waals surface area contributed by atoms with Gasteiger partial charge in [0.05, 0.1) is 0 Å². The third kappa shape index (κ3) is 2.16. The van der Waals surface area contributed by atoms with Crippen LogP contribution < -0.4 is 5.73 Å². The molecule has 0 aliphatic rings. The molecule has 0 saturated carbocycles. The molecule has 0 saturated heterocycles. The number of amides is 1. The Kier molecular flexibility index (Phi) is 3.27. The van der Waals surface area contributed by atoms with Crippen molar-refractivity contribution in [3.63, 3.8) is 0 Å². The van der Waals surface area contributed by atoms with Gasteiger partial charge in [-0.25, -0.2) is 0 Å². The Morgan fingerprint density at radius 2 is 1.67 bits per heavy atom. The number of rotatable bonds is 3. The second kappa shape index (κ2) is 5.03. The van der Waals surface area contributed by atoms with E-state index in [1.165, 1.54) is 0 Å². The van der Waals surface area contributed by atoms with Gasteiger partial charge < -0.3 is 5.73 Å². The highest BCUT2D eigenvalue weighted by Gasteiger charge is 2.11. The molecule has 2 aromatic rings. The summed E-state index contributed by atoms with van der Waals surface area (Å²) in [7, 11) is 0. The number of carbonyl (C=O) groups excluding carboxylic acids is 1. The molecule has 2 aromatic carbocycles. The van der Waals surface area contributed by atoms with Crippen molar-refractivity contribution in [2.45, 2.75) is 0 Å². The number of azide groups is 1. The summed E-state index contributed by atoms with van der Waals surface area (Å²) in [5.74, 6) is -0.513. The van der Waals surface area contributed by atoms with Gasteiger partial charge in [0, 0.05) is 16.2 Å². The van der Waals surface area contributed by atoms with E-state index >= 15 is 0 Å². The molecule has 2 rings (SSSR count). The minimum Gasteiger partial charge on any atom is -0.366 e. The van der Waals surface area contributed by atoms with Crippen LogP contribution in [0.1, 0.15) is 10.4 Å². The van der Waals surface area contributed by atoms with Crippen LogP contribution in [-0.4, -0.2) is 5.91 Å². The number of nitrogens with two attached hydrogens (primary N) is 1. The predicted octanol–water partition coefficient (Wildman–Crippen LogP) is 3.39. The highest BCUT2D eigenvalue weighted by molar-refractivity contribution is 6.01. The zero-order valence-corrected chi connectivity index (χ0v) is 9.45. The molecular weight excluding hydrogens is 228 g/mol. The van der Waals surface area contributed by atoms with Crippen molar-refractivity contribution in [3.05, 3.63) is 64.5 Å². The van der Waals surface area contributed by atoms with Crippen molar-refractivity contribution in [2.75, 3.05) is 0 Å². The van der Waals surface area contributed by atoms with Gasteiger partial charge in [-0.15, -0.1) is 0 Å². The van der Waals surface area contributed by atoms with Gasteiger partial charge in [-0.3, -0.25) is 4.79 Å². The van der Waals surface area contributed by atoms with Crippen molar-refractivity contribution in [1.82, 2.24) is 0 Å².